The smallest absolute Gasteiger partial charge is 0.317 e. The predicted octanol–water partition coefficient (Wildman–Crippen LogP) is 1.22. The quantitative estimate of drug-likeness (QED) is 0.747. The van der Waals surface area contributed by atoms with Gasteiger partial charge in [0.05, 0.1) is 13.2 Å². The van der Waals surface area contributed by atoms with Gasteiger partial charge >= 0.3 is 6.03 Å². The number of carbonyl (C=O) groups is 1. The maximum absolute atomic E-state index is 11.7. The van der Waals surface area contributed by atoms with Crippen molar-refractivity contribution in [1.82, 2.24) is 10.2 Å². The van der Waals surface area contributed by atoms with E-state index in [0.717, 1.165) is 25.6 Å². The van der Waals surface area contributed by atoms with Crippen molar-refractivity contribution in [2.45, 2.75) is 25.7 Å². The number of hydrogen-bond acceptors (Lipinski definition) is 2. The Morgan fingerprint density at radius 3 is 2.60 bits per heavy atom. The van der Waals surface area contributed by atoms with Gasteiger partial charge in [-0.3, -0.25) is 0 Å². The first-order valence-corrected chi connectivity index (χ1v) is 5.97. The minimum absolute atomic E-state index is 0.0881. The Morgan fingerprint density at radius 1 is 1.27 bits per heavy atom. The van der Waals surface area contributed by atoms with Crippen LogP contribution in [-0.2, 0) is 4.74 Å². The van der Waals surface area contributed by atoms with Gasteiger partial charge in [-0.05, 0) is 18.8 Å². The van der Waals surface area contributed by atoms with Crippen LogP contribution in [0.25, 0.3) is 0 Å². The number of nitrogens with one attached hydrogen (secondary N) is 1. The molecular formula is C11H20N2O2. The normalized spacial score (nSPS) is 23.1. The van der Waals surface area contributed by atoms with E-state index in [2.05, 4.69) is 5.32 Å². The summed E-state index contributed by atoms with van der Waals surface area (Å²) in [6.07, 6.45) is 5.23. The fraction of sp³-hybridized carbons (Fsp3) is 0.909. The number of morpholine rings is 1. The van der Waals surface area contributed by atoms with Gasteiger partial charge in [-0.2, -0.15) is 0 Å². The van der Waals surface area contributed by atoms with E-state index in [0.29, 0.717) is 13.2 Å². The van der Waals surface area contributed by atoms with Crippen LogP contribution in [0, 0.1) is 5.92 Å². The molecule has 0 aromatic rings. The maximum Gasteiger partial charge on any atom is 0.317 e. The number of ether oxygens (including phenoxy) is 1. The summed E-state index contributed by atoms with van der Waals surface area (Å²) in [6, 6.07) is 0.0881. The monoisotopic (exact) mass is 212 g/mol. The second-order valence-electron chi connectivity index (χ2n) is 4.44. The summed E-state index contributed by atoms with van der Waals surface area (Å²) in [5.41, 5.74) is 0. The number of carbonyl (C=O) groups excluding carboxylic acids is 1. The summed E-state index contributed by atoms with van der Waals surface area (Å²) in [6.45, 7) is 3.68. The Kier molecular flexibility index (Phi) is 3.83. The minimum Gasteiger partial charge on any atom is -0.378 e. The van der Waals surface area contributed by atoms with E-state index >= 15 is 0 Å². The average molecular weight is 212 g/mol. The molecule has 1 aliphatic heterocycles. The van der Waals surface area contributed by atoms with Crippen LogP contribution in [-0.4, -0.2) is 43.8 Å². The zero-order valence-electron chi connectivity index (χ0n) is 9.21. The van der Waals surface area contributed by atoms with E-state index in [9.17, 15) is 4.79 Å². The van der Waals surface area contributed by atoms with Gasteiger partial charge < -0.3 is 15.0 Å². The third-order valence-electron chi connectivity index (χ3n) is 3.32. The van der Waals surface area contributed by atoms with Gasteiger partial charge in [-0.1, -0.05) is 12.8 Å². The Hall–Kier alpha value is -0.770. The Balaban J connectivity index is 1.66. The van der Waals surface area contributed by atoms with Crippen LogP contribution < -0.4 is 5.32 Å². The highest BCUT2D eigenvalue weighted by atomic mass is 16.5. The van der Waals surface area contributed by atoms with Crippen LogP contribution in [0.3, 0.4) is 0 Å². The molecule has 0 atom stereocenters. The lowest BCUT2D eigenvalue weighted by Crippen LogP contribution is -2.47. The van der Waals surface area contributed by atoms with Gasteiger partial charge in [0.15, 0.2) is 0 Å². The molecule has 0 radical (unpaired) electrons. The van der Waals surface area contributed by atoms with E-state index in [4.69, 9.17) is 4.74 Å². The molecule has 0 aromatic carbocycles. The Morgan fingerprint density at radius 2 is 1.93 bits per heavy atom. The molecular weight excluding hydrogens is 192 g/mol. The van der Waals surface area contributed by atoms with Gasteiger partial charge in [0.1, 0.15) is 0 Å². The molecule has 15 heavy (non-hydrogen) atoms. The van der Waals surface area contributed by atoms with Crippen LogP contribution in [0.1, 0.15) is 25.7 Å². The summed E-state index contributed by atoms with van der Waals surface area (Å²) in [4.78, 5) is 13.6. The highest BCUT2D eigenvalue weighted by Crippen LogP contribution is 2.23. The van der Waals surface area contributed by atoms with Crippen molar-refractivity contribution in [2.24, 2.45) is 5.92 Å². The summed E-state index contributed by atoms with van der Waals surface area (Å²) in [5.74, 6) is 0.718. The maximum atomic E-state index is 11.7. The molecule has 2 fully saturated rings. The molecule has 0 unspecified atom stereocenters. The number of urea groups is 1. The SMILES string of the molecule is O=C(NCC1CCCC1)N1CCOCC1. The summed E-state index contributed by atoms with van der Waals surface area (Å²) in [7, 11) is 0. The third kappa shape index (κ3) is 3.09. The highest BCUT2D eigenvalue weighted by molar-refractivity contribution is 5.74. The topological polar surface area (TPSA) is 41.6 Å². The summed E-state index contributed by atoms with van der Waals surface area (Å²) < 4.78 is 5.21. The molecule has 86 valence electrons. The van der Waals surface area contributed by atoms with Crippen molar-refractivity contribution in [3.05, 3.63) is 0 Å². The second kappa shape index (κ2) is 5.35. The van der Waals surface area contributed by atoms with Crippen molar-refractivity contribution < 1.29 is 9.53 Å². The zero-order valence-corrected chi connectivity index (χ0v) is 9.21. The van der Waals surface area contributed by atoms with E-state index in [1.807, 2.05) is 4.90 Å². The Bertz CT molecular complexity index is 209. The van der Waals surface area contributed by atoms with Gasteiger partial charge in [-0.15, -0.1) is 0 Å². The van der Waals surface area contributed by atoms with Crippen molar-refractivity contribution >= 4 is 6.03 Å². The first-order valence-electron chi connectivity index (χ1n) is 5.97. The first-order chi connectivity index (χ1) is 7.36. The lowest BCUT2D eigenvalue weighted by atomic mass is 10.1. The lowest BCUT2D eigenvalue weighted by Gasteiger charge is -2.27. The number of rotatable bonds is 2. The standard InChI is InChI=1S/C11H20N2O2/c14-11(13-5-7-15-8-6-13)12-9-10-3-1-2-4-10/h10H,1-9H2,(H,12,14). The molecule has 0 bridgehead atoms. The molecule has 2 aliphatic rings. The summed E-state index contributed by atoms with van der Waals surface area (Å²) >= 11 is 0. The van der Waals surface area contributed by atoms with Crippen LogP contribution >= 0.6 is 0 Å². The van der Waals surface area contributed by atoms with Crippen molar-refractivity contribution in [2.75, 3.05) is 32.8 Å². The molecule has 2 rings (SSSR count). The highest BCUT2D eigenvalue weighted by Gasteiger charge is 2.19. The Labute approximate surface area is 91.0 Å². The van der Waals surface area contributed by atoms with Crippen LogP contribution in [0.15, 0.2) is 0 Å². The molecule has 1 N–H and O–H groups in total. The van der Waals surface area contributed by atoms with Gasteiger partial charge in [0.25, 0.3) is 0 Å². The van der Waals surface area contributed by atoms with Crippen LogP contribution in [0.2, 0.25) is 0 Å². The largest absolute Gasteiger partial charge is 0.378 e. The average Bonchev–Trinajstić information content (AvgIpc) is 2.80. The number of hydrogen-bond donors (Lipinski definition) is 1. The van der Waals surface area contributed by atoms with E-state index in [1.54, 1.807) is 0 Å². The molecule has 0 spiro atoms. The number of amides is 2. The third-order valence-corrected chi connectivity index (χ3v) is 3.32. The molecule has 4 heteroatoms. The van der Waals surface area contributed by atoms with E-state index < -0.39 is 0 Å². The van der Waals surface area contributed by atoms with Gasteiger partial charge in [0.2, 0.25) is 0 Å². The fourth-order valence-corrected chi connectivity index (χ4v) is 2.32. The molecule has 4 nitrogen and oxygen atoms in total. The van der Waals surface area contributed by atoms with Gasteiger partial charge in [-0.25, -0.2) is 4.79 Å². The zero-order chi connectivity index (χ0) is 10.5. The van der Waals surface area contributed by atoms with Gasteiger partial charge in [0, 0.05) is 19.6 Å². The van der Waals surface area contributed by atoms with Crippen LogP contribution in [0.4, 0.5) is 4.79 Å². The van der Waals surface area contributed by atoms with Crippen molar-refractivity contribution in [3.8, 4) is 0 Å². The predicted molar refractivity (Wildman–Crippen MR) is 57.7 cm³/mol. The molecule has 1 heterocycles. The first kappa shape index (κ1) is 10.7. The van der Waals surface area contributed by atoms with E-state index in [-0.39, 0.29) is 6.03 Å². The molecule has 1 saturated carbocycles. The number of nitrogens with zero attached hydrogens (tertiary/aromatic N) is 1. The van der Waals surface area contributed by atoms with Crippen LogP contribution in [0.5, 0.6) is 0 Å². The van der Waals surface area contributed by atoms with E-state index in [1.165, 1.54) is 25.7 Å². The molecule has 2 amide bonds. The lowest BCUT2D eigenvalue weighted by molar-refractivity contribution is 0.0530. The summed E-state index contributed by atoms with van der Waals surface area (Å²) in [5, 5.41) is 3.03. The second-order valence-corrected chi connectivity index (χ2v) is 4.44. The fourth-order valence-electron chi connectivity index (χ4n) is 2.32. The molecule has 1 saturated heterocycles. The van der Waals surface area contributed by atoms with Crippen molar-refractivity contribution in [1.29, 1.82) is 0 Å². The molecule has 1 aliphatic carbocycles. The van der Waals surface area contributed by atoms with Crippen molar-refractivity contribution in [3.63, 3.8) is 0 Å². The molecule has 0 aromatic heterocycles. The minimum atomic E-state index is 0.0881.